The Labute approximate surface area is 116 Å². The zero-order valence-electron chi connectivity index (χ0n) is 11.6. The molecule has 1 aromatic heterocycles. The van der Waals surface area contributed by atoms with Crippen LogP contribution in [0.4, 0.5) is 4.39 Å². The molecule has 0 aliphatic heterocycles. The maximum atomic E-state index is 13.0. The highest BCUT2D eigenvalue weighted by Gasteiger charge is 2.16. The molecule has 0 saturated carbocycles. The second-order valence-electron chi connectivity index (χ2n) is 5.16. The van der Waals surface area contributed by atoms with Crippen molar-refractivity contribution in [3.8, 4) is 0 Å². The molecule has 6 heteroatoms. The number of nitrogens with zero attached hydrogens (tertiary/aromatic N) is 1. The van der Waals surface area contributed by atoms with E-state index in [1.165, 1.54) is 12.1 Å². The van der Waals surface area contributed by atoms with Crippen LogP contribution in [0.25, 0.3) is 11.0 Å². The molecule has 2 rings (SSSR count). The van der Waals surface area contributed by atoms with Crippen LogP contribution in [0.15, 0.2) is 18.2 Å². The fourth-order valence-corrected chi connectivity index (χ4v) is 1.88. The van der Waals surface area contributed by atoms with Crippen LogP contribution in [0.3, 0.4) is 0 Å². The van der Waals surface area contributed by atoms with E-state index in [4.69, 9.17) is 5.73 Å². The lowest BCUT2D eigenvalue weighted by Gasteiger charge is -2.14. The number of hydrogen-bond acceptors (Lipinski definition) is 3. The number of benzene rings is 1. The van der Waals surface area contributed by atoms with E-state index in [1.54, 1.807) is 6.07 Å². The molecule has 0 saturated heterocycles. The number of carbonyl (C=O) groups excluding carboxylic acids is 1. The van der Waals surface area contributed by atoms with Crippen LogP contribution in [-0.2, 0) is 11.2 Å². The van der Waals surface area contributed by atoms with Gasteiger partial charge in [0.05, 0.1) is 17.1 Å². The Balaban J connectivity index is 1.91. The summed E-state index contributed by atoms with van der Waals surface area (Å²) in [5, 5.41) is 2.77. The number of aromatic amines is 1. The molecular weight excluding hydrogens is 259 g/mol. The van der Waals surface area contributed by atoms with E-state index >= 15 is 0 Å². The molecule has 108 valence electrons. The van der Waals surface area contributed by atoms with E-state index in [1.807, 2.05) is 13.8 Å². The largest absolute Gasteiger partial charge is 0.354 e. The number of imidazole rings is 1. The maximum Gasteiger partial charge on any atom is 0.237 e. The van der Waals surface area contributed by atoms with E-state index < -0.39 is 6.04 Å². The third-order valence-electron chi connectivity index (χ3n) is 3.17. The average molecular weight is 278 g/mol. The van der Waals surface area contributed by atoms with Crippen molar-refractivity contribution in [1.29, 1.82) is 0 Å². The molecule has 1 heterocycles. The summed E-state index contributed by atoms with van der Waals surface area (Å²) in [5.74, 6) is 0.347. The summed E-state index contributed by atoms with van der Waals surface area (Å²) in [5.41, 5.74) is 7.11. The van der Waals surface area contributed by atoms with Crippen molar-refractivity contribution in [1.82, 2.24) is 15.3 Å². The number of amides is 1. The van der Waals surface area contributed by atoms with Crippen LogP contribution >= 0.6 is 0 Å². The van der Waals surface area contributed by atoms with Gasteiger partial charge >= 0.3 is 0 Å². The lowest BCUT2D eigenvalue weighted by Crippen LogP contribution is -2.44. The van der Waals surface area contributed by atoms with Gasteiger partial charge in [0.25, 0.3) is 0 Å². The highest BCUT2D eigenvalue weighted by atomic mass is 19.1. The molecule has 1 amide bonds. The van der Waals surface area contributed by atoms with E-state index in [-0.39, 0.29) is 17.6 Å². The first-order valence-electron chi connectivity index (χ1n) is 6.65. The fourth-order valence-electron chi connectivity index (χ4n) is 1.88. The van der Waals surface area contributed by atoms with Gasteiger partial charge in [-0.1, -0.05) is 13.8 Å². The number of hydrogen-bond donors (Lipinski definition) is 3. The van der Waals surface area contributed by atoms with Crippen molar-refractivity contribution in [2.75, 3.05) is 6.54 Å². The minimum atomic E-state index is -0.500. The van der Waals surface area contributed by atoms with Crippen molar-refractivity contribution >= 4 is 16.9 Å². The Hall–Kier alpha value is -1.95. The quantitative estimate of drug-likeness (QED) is 0.771. The summed E-state index contributed by atoms with van der Waals surface area (Å²) < 4.78 is 13.0. The lowest BCUT2D eigenvalue weighted by molar-refractivity contribution is -0.123. The zero-order chi connectivity index (χ0) is 14.7. The van der Waals surface area contributed by atoms with Gasteiger partial charge in [-0.15, -0.1) is 0 Å². The molecule has 1 aromatic carbocycles. The Morgan fingerprint density at radius 3 is 2.95 bits per heavy atom. The summed E-state index contributed by atoms with van der Waals surface area (Å²) in [6.45, 7) is 4.25. The number of carbonyl (C=O) groups is 1. The Morgan fingerprint density at radius 1 is 1.50 bits per heavy atom. The first-order chi connectivity index (χ1) is 9.47. The maximum absolute atomic E-state index is 13.0. The third-order valence-corrected chi connectivity index (χ3v) is 3.17. The van der Waals surface area contributed by atoms with Crippen molar-refractivity contribution in [2.45, 2.75) is 26.3 Å². The van der Waals surface area contributed by atoms with Gasteiger partial charge in [-0.3, -0.25) is 4.79 Å². The number of fused-ring (bicyclic) bond motifs is 1. The van der Waals surface area contributed by atoms with Crippen molar-refractivity contribution in [3.63, 3.8) is 0 Å². The number of halogens is 1. The minimum absolute atomic E-state index is 0.101. The molecular formula is C14H19FN4O. The van der Waals surface area contributed by atoms with Gasteiger partial charge < -0.3 is 16.0 Å². The molecule has 2 aromatic rings. The summed E-state index contributed by atoms with van der Waals surface area (Å²) in [6.07, 6.45) is 0.548. The number of nitrogens with one attached hydrogen (secondary N) is 2. The molecule has 0 aliphatic rings. The number of H-pyrrole nitrogens is 1. The second-order valence-corrected chi connectivity index (χ2v) is 5.16. The Bertz CT molecular complexity index is 608. The Morgan fingerprint density at radius 2 is 2.25 bits per heavy atom. The zero-order valence-corrected chi connectivity index (χ0v) is 11.6. The van der Waals surface area contributed by atoms with E-state index in [2.05, 4.69) is 15.3 Å². The van der Waals surface area contributed by atoms with Gasteiger partial charge in [0.1, 0.15) is 11.6 Å². The predicted molar refractivity (Wildman–Crippen MR) is 75.6 cm³/mol. The SMILES string of the molecule is CC(C)[C@H](N)C(=O)NCCc1nc2ccc(F)cc2[nH]1. The molecule has 0 radical (unpaired) electrons. The van der Waals surface area contributed by atoms with Gasteiger partial charge in [0.2, 0.25) is 5.91 Å². The molecule has 4 N–H and O–H groups in total. The summed E-state index contributed by atoms with van der Waals surface area (Å²) >= 11 is 0. The monoisotopic (exact) mass is 278 g/mol. The topological polar surface area (TPSA) is 83.8 Å². The second kappa shape index (κ2) is 6.00. The van der Waals surface area contributed by atoms with Crippen LogP contribution in [-0.4, -0.2) is 28.5 Å². The normalized spacial score (nSPS) is 12.8. The van der Waals surface area contributed by atoms with Crippen molar-refractivity contribution < 1.29 is 9.18 Å². The van der Waals surface area contributed by atoms with E-state index in [0.717, 1.165) is 0 Å². The summed E-state index contributed by atoms with van der Waals surface area (Å²) in [4.78, 5) is 19.0. The van der Waals surface area contributed by atoms with Gasteiger partial charge in [-0.25, -0.2) is 9.37 Å². The smallest absolute Gasteiger partial charge is 0.237 e. The van der Waals surface area contributed by atoms with Crippen LogP contribution in [0, 0.1) is 11.7 Å². The van der Waals surface area contributed by atoms with Crippen LogP contribution in [0.1, 0.15) is 19.7 Å². The molecule has 0 bridgehead atoms. The first-order valence-corrected chi connectivity index (χ1v) is 6.65. The van der Waals surface area contributed by atoms with Crippen LogP contribution in [0.2, 0.25) is 0 Å². The van der Waals surface area contributed by atoms with Gasteiger partial charge in [0.15, 0.2) is 0 Å². The summed E-state index contributed by atoms with van der Waals surface area (Å²) in [7, 11) is 0. The lowest BCUT2D eigenvalue weighted by atomic mass is 10.1. The molecule has 20 heavy (non-hydrogen) atoms. The van der Waals surface area contributed by atoms with Gasteiger partial charge in [0, 0.05) is 13.0 Å². The highest BCUT2D eigenvalue weighted by molar-refractivity contribution is 5.81. The highest BCUT2D eigenvalue weighted by Crippen LogP contribution is 2.12. The number of aromatic nitrogens is 2. The Kier molecular flexibility index (Phi) is 4.34. The summed E-state index contributed by atoms with van der Waals surface area (Å²) in [6, 6.07) is 3.90. The van der Waals surface area contributed by atoms with Gasteiger partial charge in [-0.2, -0.15) is 0 Å². The minimum Gasteiger partial charge on any atom is -0.354 e. The average Bonchev–Trinajstić information content (AvgIpc) is 2.79. The number of rotatable bonds is 5. The number of nitrogens with two attached hydrogens (primary N) is 1. The fraction of sp³-hybridized carbons (Fsp3) is 0.429. The molecule has 0 unspecified atom stereocenters. The standard InChI is InChI=1S/C14H19FN4O/c1-8(2)13(16)14(20)17-6-5-12-18-10-4-3-9(15)7-11(10)19-12/h3-4,7-8,13H,5-6,16H2,1-2H3,(H,17,20)(H,18,19)/t13-/m0/s1. The molecule has 1 atom stereocenters. The van der Waals surface area contributed by atoms with Crippen molar-refractivity contribution in [2.24, 2.45) is 11.7 Å². The molecule has 0 aliphatic carbocycles. The van der Waals surface area contributed by atoms with Gasteiger partial charge in [-0.05, 0) is 24.1 Å². The van der Waals surface area contributed by atoms with Crippen LogP contribution < -0.4 is 11.1 Å². The molecule has 0 spiro atoms. The molecule has 5 nitrogen and oxygen atoms in total. The van der Waals surface area contributed by atoms with Crippen LogP contribution in [0.5, 0.6) is 0 Å². The van der Waals surface area contributed by atoms with E-state index in [0.29, 0.717) is 29.8 Å². The first kappa shape index (κ1) is 14.5. The van der Waals surface area contributed by atoms with Crippen molar-refractivity contribution in [3.05, 3.63) is 29.8 Å². The third kappa shape index (κ3) is 3.33. The van der Waals surface area contributed by atoms with E-state index in [9.17, 15) is 9.18 Å². The predicted octanol–water partition coefficient (Wildman–Crippen LogP) is 1.34. The molecule has 0 fully saturated rings.